The van der Waals surface area contributed by atoms with Gasteiger partial charge < -0.3 is 10.1 Å². The lowest BCUT2D eigenvalue weighted by Crippen LogP contribution is -2.30. The molecular formula is C18H15ClN2O3S. The van der Waals surface area contributed by atoms with E-state index in [-0.39, 0.29) is 18.1 Å². The number of carbonyl (C=O) groups is 2. The van der Waals surface area contributed by atoms with Crippen LogP contribution in [0.2, 0.25) is 5.02 Å². The van der Waals surface area contributed by atoms with Crippen LogP contribution in [0.3, 0.4) is 0 Å². The minimum absolute atomic E-state index is 0.241. The fraction of sp³-hybridized carbons (Fsp3) is 0.167. The SMILES string of the molecule is N#Cc1cccc(C(=O)OCC(=O)NCCSc2ccc(Cl)cc2)c1. The summed E-state index contributed by atoms with van der Waals surface area (Å²) in [5, 5.41) is 12.2. The highest BCUT2D eigenvalue weighted by Crippen LogP contribution is 2.19. The third-order valence-electron chi connectivity index (χ3n) is 3.07. The van der Waals surface area contributed by atoms with Gasteiger partial charge in [-0.1, -0.05) is 17.7 Å². The Kier molecular flexibility index (Phi) is 7.33. The number of carbonyl (C=O) groups excluding carboxylic acids is 2. The highest BCUT2D eigenvalue weighted by molar-refractivity contribution is 7.99. The summed E-state index contributed by atoms with van der Waals surface area (Å²) in [6.45, 7) is 0.0921. The van der Waals surface area contributed by atoms with Gasteiger partial charge in [0.15, 0.2) is 6.61 Å². The zero-order valence-corrected chi connectivity index (χ0v) is 14.8. The summed E-state index contributed by atoms with van der Waals surface area (Å²) in [6.07, 6.45) is 0. The summed E-state index contributed by atoms with van der Waals surface area (Å²) < 4.78 is 4.94. The molecule has 5 nitrogen and oxygen atoms in total. The van der Waals surface area contributed by atoms with Crippen molar-refractivity contribution in [1.82, 2.24) is 5.32 Å². The van der Waals surface area contributed by atoms with E-state index in [1.165, 1.54) is 12.1 Å². The molecule has 1 amide bonds. The van der Waals surface area contributed by atoms with Gasteiger partial charge in [-0.3, -0.25) is 4.79 Å². The van der Waals surface area contributed by atoms with E-state index >= 15 is 0 Å². The van der Waals surface area contributed by atoms with E-state index in [1.54, 1.807) is 23.9 Å². The molecule has 7 heteroatoms. The van der Waals surface area contributed by atoms with E-state index in [4.69, 9.17) is 21.6 Å². The quantitative estimate of drug-likeness (QED) is 0.457. The number of nitrogens with zero attached hydrogens (tertiary/aromatic N) is 1. The Bertz CT molecular complexity index is 788. The molecule has 1 N–H and O–H groups in total. The van der Waals surface area contributed by atoms with Gasteiger partial charge in [0.2, 0.25) is 0 Å². The van der Waals surface area contributed by atoms with Crippen molar-refractivity contribution in [1.29, 1.82) is 5.26 Å². The lowest BCUT2D eigenvalue weighted by molar-refractivity contribution is -0.124. The average Bonchev–Trinajstić information content (AvgIpc) is 2.64. The van der Waals surface area contributed by atoms with Crippen LogP contribution >= 0.6 is 23.4 Å². The lowest BCUT2D eigenvalue weighted by atomic mass is 10.1. The first-order chi connectivity index (χ1) is 12.1. The van der Waals surface area contributed by atoms with Crippen molar-refractivity contribution in [3.63, 3.8) is 0 Å². The molecule has 0 heterocycles. The maximum atomic E-state index is 11.8. The first kappa shape index (κ1) is 18.8. The van der Waals surface area contributed by atoms with Crippen LogP contribution in [0.15, 0.2) is 53.4 Å². The van der Waals surface area contributed by atoms with Gasteiger partial charge in [-0.2, -0.15) is 5.26 Å². The Hall–Kier alpha value is -2.49. The molecule has 0 spiro atoms. The monoisotopic (exact) mass is 374 g/mol. The standard InChI is InChI=1S/C18H15ClN2O3S/c19-15-4-6-16(7-5-15)25-9-8-21-17(22)12-24-18(23)14-3-1-2-13(10-14)11-20/h1-7,10H,8-9,12H2,(H,21,22). The van der Waals surface area contributed by atoms with Crippen LogP contribution in [-0.2, 0) is 9.53 Å². The highest BCUT2D eigenvalue weighted by Gasteiger charge is 2.10. The van der Waals surface area contributed by atoms with Crippen molar-refractivity contribution in [2.24, 2.45) is 0 Å². The highest BCUT2D eigenvalue weighted by atomic mass is 35.5. The van der Waals surface area contributed by atoms with Crippen molar-refractivity contribution in [2.45, 2.75) is 4.90 Å². The topological polar surface area (TPSA) is 79.2 Å². The molecule has 2 aromatic rings. The van der Waals surface area contributed by atoms with Gasteiger partial charge in [0.1, 0.15) is 0 Å². The molecule has 0 aromatic heterocycles. The van der Waals surface area contributed by atoms with Gasteiger partial charge in [0.25, 0.3) is 5.91 Å². The molecule has 0 saturated heterocycles. The van der Waals surface area contributed by atoms with Gasteiger partial charge in [0, 0.05) is 22.2 Å². The van der Waals surface area contributed by atoms with Crippen LogP contribution in [0.1, 0.15) is 15.9 Å². The molecule has 0 unspecified atom stereocenters. The second-order valence-electron chi connectivity index (χ2n) is 4.92. The summed E-state index contributed by atoms with van der Waals surface area (Å²) in [6, 6.07) is 15.5. The third kappa shape index (κ3) is 6.49. The first-order valence-corrected chi connectivity index (χ1v) is 8.77. The summed E-state index contributed by atoms with van der Waals surface area (Å²) in [7, 11) is 0. The van der Waals surface area contributed by atoms with Crippen LogP contribution in [0.4, 0.5) is 0 Å². The fourth-order valence-corrected chi connectivity index (χ4v) is 2.77. The fourth-order valence-electron chi connectivity index (χ4n) is 1.87. The van der Waals surface area contributed by atoms with Crippen LogP contribution in [0.5, 0.6) is 0 Å². The van der Waals surface area contributed by atoms with E-state index < -0.39 is 5.97 Å². The summed E-state index contributed by atoms with van der Waals surface area (Å²) >= 11 is 7.40. The number of esters is 1. The molecule has 128 valence electrons. The Balaban J connectivity index is 1.67. The smallest absolute Gasteiger partial charge is 0.338 e. The largest absolute Gasteiger partial charge is 0.452 e. The number of nitrogens with one attached hydrogen (secondary N) is 1. The lowest BCUT2D eigenvalue weighted by Gasteiger charge is -2.07. The summed E-state index contributed by atoms with van der Waals surface area (Å²) in [4.78, 5) is 24.6. The molecule has 2 rings (SSSR count). The number of benzene rings is 2. The second kappa shape index (κ2) is 9.72. The molecule has 0 aliphatic rings. The Morgan fingerprint density at radius 3 is 2.68 bits per heavy atom. The number of halogens is 1. The maximum Gasteiger partial charge on any atom is 0.338 e. The van der Waals surface area contributed by atoms with Crippen LogP contribution in [-0.4, -0.2) is 30.8 Å². The van der Waals surface area contributed by atoms with Gasteiger partial charge in [-0.15, -0.1) is 11.8 Å². The molecule has 25 heavy (non-hydrogen) atoms. The van der Waals surface area contributed by atoms with Crippen molar-refractivity contribution in [3.8, 4) is 6.07 Å². The average molecular weight is 375 g/mol. The minimum atomic E-state index is -0.636. The zero-order valence-electron chi connectivity index (χ0n) is 13.2. The van der Waals surface area contributed by atoms with Crippen molar-refractivity contribution < 1.29 is 14.3 Å². The van der Waals surface area contributed by atoms with Crippen molar-refractivity contribution in [3.05, 3.63) is 64.7 Å². The molecule has 0 fully saturated rings. The Morgan fingerprint density at radius 1 is 1.20 bits per heavy atom. The van der Waals surface area contributed by atoms with E-state index in [2.05, 4.69) is 5.32 Å². The number of nitriles is 1. The van der Waals surface area contributed by atoms with Crippen molar-refractivity contribution >= 4 is 35.2 Å². The number of rotatable bonds is 7. The van der Waals surface area contributed by atoms with Crippen molar-refractivity contribution in [2.75, 3.05) is 18.9 Å². The number of ether oxygens (including phenoxy) is 1. The third-order valence-corrected chi connectivity index (χ3v) is 4.33. The second-order valence-corrected chi connectivity index (χ2v) is 6.53. The maximum absolute atomic E-state index is 11.8. The predicted molar refractivity (Wildman–Crippen MR) is 96.6 cm³/mol. The van der Waals surface area contributed by atoms with Crippen LogP contribution in [0.25, 0.3) is 0 Å². The number of amides is 1. The number of hydrogen-bond acceptors (Lipinski definition) is 5. The molecule has 0 atom stereocenters. The molecule has 0 bridgehead atoms. The zero-order chi connectivity index (χ0) is 18.1. The van der Waals surface area contributed by atoms with Crippen LogP contribution in [0, 0.1) is 11.3 Å². The van der Waals surface area contributed by atoms with Gasteiger partial charge in [-0.05, 0) is 42.5 Å². The van der Waals surface area contributed by atoms with E-state index in [0.29, 0.717) is 22.9 Å². The molecule has 2 aromatic carbocycles. The summed E-state index contributed by atoms with van der Waals surface area (Å²) in [5.41, 5.74) is 0.600. The van der Waals surface area contributed by atoms with E-state index in [1.807, 2.05) is 30.3 Å². The summed E-state index contributed by atoms with van der Waals surface area (Å²) in [5.74, 6) is -0.324. The Labute approximate surface area is 154 Å². The molecular weight excluding hydrogens is 360 g/mol. The van der Waals surface area contributed by atoms with Gasteiger partial charge >= 0.3 is 5.97 Å². The Morgan fingerprint density at radius 2 is 1.96 bits per heavy atom. The normalized spacial score (nSPS) is 9.92. The van der Waals surface area contributed by atoms with Gasteiger partial charge in [0.05, 0.1) is 17.2 Å². The minimum Gasteiger partial charge on any atom is -0.452 e. The van der Waals surface area contributed by atoms with Crippen LogP contribution < -0.4 is 5.32 Å². The van der Waals surface area contributed by atoms with E-state index in [0.717, 1.165) is 4.90 Å². The number of hydrogen-bond donors (Lipinski definition) is 1. The molecule has 0 radical (unpaired) electrons. The molecule has 0 aliphatic heterocycles. The van der Waals surface area contributed by atoms with Gasteiger partial charge in [-0.25, -0.2) is 4.79 Å². The molecule has 0 saturated carbocycles. The molecule has 0 aliphatic carbocycles. The first-order valence-electron chi connectivity index (χ1n) is 7.41. The number of thioether (sulfide) groups is 1. The van der Waals surface area contributed by atoms with E-state index in [9.17, 15) is 9.59 Å². The predicted octanol–water partition coefficient (Wildman–Crippen LogP) is 3.28.